The van der Waals surface area contributed by atoms with Crippen LogP contribution in [0.25, 0.3) is 0 Å². The third-order valence-electron chi connectivity index (χ3n) is 11.6. The van der Waals surface area contributed by atoms with E-state index in [1.165, 1.54) is 167 Å². The van der Waals surface area contributed by atoms with Crippen LogP contribution < -0.4 is 0 Å². The molecule has 0 saturated heterocycles. The monoisotopic (exact) mass is 857 g/mol. The van der Waals surface area contributed by atoms with Gasteiger partial charge in [0.05, 0.1) is 0 Å². The van der Waals surface area contributed by atoms with Crippen molar-refractivity contribution in [1.29, 1.82) is 0 Å². The van der Waals surface area contributed by atoms with Gasteiger partial charge >= 0.3 is 17.9 Å². The summed E-state index contributed by atoms with van der Waals surface area (Å²) in [4.78, 5) is 37.9. The number of ether oxygens (including phenoxy) is 3. The predicted octanol–water partition coefficient (Wildman–Crippen LogP) is 17.3. The van der Waals surface area contributed by atoms with Gasteiger partial charge in [0.15, 0.2) is 6.10 Å². The Bertz CT molecular complexity index is 1030. The Kier molecular flexibility index (Phi) is 48.3. The molecule has 0 aliphatic heterocycles. The Hall–Kier alpha value is -2.37. The van der Waals surface area contributed by atoms with Crippen molar-refractivity contribution in [3.05, 3.63) is 36.5 Å². The van der Waals surface area contributed by atoms with Crippen LogP contribution in [0.2, 0.25) is 0 Å². The van der Waals surface area contributed by atoms with E-state index in [4.69, 9.17) is 14.2 Å². The smallest absolute Gasteiger partial charge is 0.306 e. The molecular weight excluding hydrogens is 757 g/mol. The first-order valence-electron chi connectivity index (χ1n) is 26.5. The standard InChI is InChI=1S/C55H100O6/c1-4-7-10-13-16-19-22-24-26-27-28-30-31-33-36-39-42-45-48-54(57)60-51-52(50-59-53(56)47-44-41-38-35-21-18-15-12-9-6-3)61-55(58)49-46-43-40-37-34-32-29-25-23-20-17-14-11-8-5-2/h17,20,23,25,28,30,52H,4-16,18-19,21-22,24,26-27,29,31-51H2,1-3H3/b20-17-,25-23-,30-28-. The highest BCUT2D eigenvalue weighted by Crippen LogP contribution is 2.15. The Morgan fingerprint density at radius 1 is 0.328 bits per heavy atom. The topological polar surface area (TPSA) is 78.9 Å². The van der Waals surface area contributed by atoms with Gasteiger partial charge < -0.3 is 14.2 Å². The number of hydrogen-bond acceptors (Lipinski definition) is 6. The molecule has 0 aromatic carbocycles. The first-order chi connectivity index (χ1) is 30.0. The highest BCUT2D eigenvalue weighted by molar-refractivity contribution is 5.71. The summed E-state index contributed by atoms with van der Waals surface area (Å²) in [5.74, 6) is -0.889. The summed E-state index contributed by atoms with van der Waals surface area (Å²) < 4.78 is 16.8. The lowest BCUT2D eigenvalue weighted by Crippen LogP contribution is -2.30. The van der Waals surface area contributed by atoms with E-state index in [9.17, 15) is 14.4 Å². The zero-order valence-corrected chi connectivity index (χ0v) is 40.7. The highest BCUT2D eigenvalue weighted by atomic mass is 16.6. The molecule has 0 heterocycles. The Labute approximate surface area is 378 Å². The van der Waals surface area contributed by atoms with Crippen molar-refractivity contribution in [1.82, 2.24) is 0 Å². The molecule has 0 aromatic rings. The first kappa shape index (κ1) is 58.6. The van der Waals surface area contributed by atoms with Gasteiger partial charge in [-0.05, 0) is 70.6 Å². The second-order valence-corrected chi connectivity index (χ2v) is 17.8. The van der Waals surface area contributed by atoms with Crippen molar-refractivity contribution in [2.75, 3.05) is 13.2 Å². The lowest BCUT2D eigenvalue weighted by atomic mass is 10.1. The van der Waals surface area contributed by atoms with Crippen LogP contribution in [0.15, 0.2) is 36.5 Å². The van der Waals surface area contributed by atoms with Gasteiger partial charge in [0, 0.05) is 19.3 Å². The molecule has 61 heavy (non-hydrogen) atoms. The Morgan fingerprint density at radius 2 is 0.590 bits per heavy atom. The number of hydrogen-bond donors (Lipinski definition) is 0. The van der Waals surface area contributed by atoms with E-state index in [1.54, 1.807) is 0 Å². The van der Waals surface area contributed by atoms with E-state index >= 15 is 0 Å². The molecule has 0 aliphatic carbocycles. The lowest BCUT2D eigenvalue weighted by molar-refractivity contribution is -0.167. The zero-order valence-electron chi connectivity index (χ0n) is 40.7. The van der Waals surface area contributed by atoms with E-state index < -0.39 is 6.10 Å². The lowest BCUT2D eigenvalue weighted by Gasteiger charge is -2.18. The molecule has 6 nitrogen and oxygen atoms in total. The molecule has 0 fully saturated rings. The van der Waals surface area contributed by atoms with Crippen LogP contribution >= 0.6 is 0 Å². The number of esters is 3. The Morgan fingerprint density at radius 3 is 0.951 bits per heavy atom. The van der Waals surface area contributed by atoms with Crippen molar-refractivity contribution in [3.8, 4) is 0 Å². The van der Waals surface area contributed by atoms with Crippen LogP contribution in [0, 0.1) is 0 Å². The van der Waals surface area contributed by atoms with Crippen LogP contribution in [0.3, 0.4) is 0 Å². The maximum atomic E-state index is 12.8. The van der Waals surface area contributed by atoms with Gasteiger partial charge in [-0.3, -0.25) is 14.4 Å². The van der Waals surface area contributed by atoms with Crippen LogP contribution in [0.4, 0.5) is 0 Å². The summed E-state index contributed by atoms with van der Waals surface area (Å²) in [5, 5.41) is 0. The fourth-order valence-electron chi connectivity index (χ4n) is 7.60. The summed E-state index contributed by atoms with van der Waals surface area (Å²) >= 11 is 0. The summed E-state index contributed by atoms with van der Waals surface area (Å²) in [6.45, 7) is 6.60. The molecular formula is C55H100O6. The average molecular weight is 857 g/mol. The van der Waals surface area contributed by atoms with Crippen molar-refractivity contribution >= 4 is 17.9 Å². The molecule has 0 radical (unpaired) electrons. The predicted molar refractivity (Wildman–Crippen MR) is 261 cm³/mol. The zero-order chi connectivity index (χ0) is 44.4. The van der Waals surface area contributed by atoms with Crippen LogP contribution in [-0.2, 0) is 28.6 Å². The molecule has 6 heteroatoms. The minimum atomic E-state index is -0.777. The van der Waals surface area contributed by atoms with Gasteiger partial charge in [0.2, 0.25) is 0 Å². The quantitative estimate of drug-likeness (QED) is 0.0199. The molecule has 0 spiro atoms. The maximum absolute atomic E-state index is 12.8. The fraction of sp³-hybridized carbons (Fsp3) is 0.836. The van der Waals surface area contributed by atoms with Crippen molar-refractivity contribution in [2.45, 2.75) is 284 Å². The molecule has 0 bridgehead atoms. The third-order valence-corrected chi connectivity index (χ3v) is 11.6. The molecule has 0 saturated carbocycles. The van der Waals surface area contributed by atoms with Crippen molar-refractivity contribution < 1.29 is 28.6 Å². The minimum Gasteiger partial charge on any atom is -0.462 e. The van der Waals surface area contributed by atoms with Gasteiger partial charge in [0.1, 0.15) is 13.2 Å². The first-order valence-corrected chi connectivity index (χ1v) is 26.5. The molecule has 0 aromatic heterocycles. The van der Waals surface area contributed by atoms with Crippen molar-refractivity contribution in [2.24, 2.45) is 0 Å². The number of unbranched alkanes of at least 4 members (excludes halogenated alkanes) is 32. The van der Waals surface area contributed by atoms with E-state index in [1.807, 2.05) is 0 Å². The summed E-state index contributed by atoms with van der Waals surface area (Å²) in [6, 6.07) is 0. The van der Waals surface area contributed by atoms with Crippen molar-refractivity contribution in [3.63, 3.8) is 0 Å². The normalized spacial score (nSPS) is 12.2. The number of carbonyl (C=O) groups excluding carboxylic acids is 3. The second-order valence-electron chi connectivity index (χ2n) is 17.8. The summed E-state index contributed by atoms with van der Waals surface area (Å²) in [6.07, 6.45) is 58.4. The van der Waals surface area contributed by atoms with E-state index in [2.05, 4.69) is 57.2 Å². The van der Waals surface area contributed by atoms with E-state index in [-0.39, 0.29) is 31.1 Å². The number of rotatable bonds is 48. The van der Waals surface area contributed by atoms with Crippen LogP contribution in [-0.4, -0.2) is 37.2 Å². The van der Waals surface area contributed by atoms with E-state index in [0.717, 1.165) is 70.6 Å². The largest absolute Gasteiger partial charge is 0.462 e. The molecule has 0 aliphatic rings. The summed E-state index contributed by atoms with van der Waals surface area (Å²) in [7, 11) is 0. The van der Waals surface area contributed by atoms with Gasteiger partial charge in [-0.25, -0.2) is 0 Å². The third kappa shape index (κ3) is 48.5. The van der Waals surface area contributed by atoms with Gasteiger partial charge in [-0.2, -0.15) is 0 Å². The molecule has 356 valence electrons. The average Bonchev–Trinajstić information content (AvgIpc) is 3.26. The molecule has 0 N–H and O–H groups in total. The second kappa shape index (κ2) is 50.3. The maximum Gasteiger partial charge on any atom is 0.306 e. The van der Waals surface area contributed by atoms with Crippen LogP contribution in [0.1, 0.15) is 278 Å². The fourth-order valence-corrected chi connectivity index (χ4v) is 7.60. The molecule has 0 rings (SSSR count). The van der Waals surface area contributed by atoms with Gasteiger partial charge in [-0.15, -0.1) is 0 Å². The van der Waals surface area contributed by atoms with Gasteiger partial charge in [-0.1, -0.05) is 224 Å². The highest BCUT2D eigenvalue weighted by Gasteiger charge is 2.19. The molecule has 0 amide bonds. The Balaban J connectivity index is 4.33. The van der Waals surface area contributed by atoms with Crippen LogP contribution in [0.5, 0.6) is 0 Å². The molecule has 1 atom stereocenters. The number of allylic oxidation sites excluding steroid dienone is 6. The molecule has 1 unspecified atom stereocenters. The summed E-state index contributed by atoms with van der Waals surface area (Å²) in [5.41, 5.74) is 0. The number of carbonyl (C=O) groups is 3. The van der Waals surface area contributed by atoms with E-state index in [0.29, 0.717) is 19.3 Å². The minimum absolute atomic E-state index is 0.0770. The SMILES string of the molecule is CCCCC/C=C\C=C/CCCCCCCCC(=O)OC(COC(=O)CCCCCCC/C=C\CCCCCCCCCCC)COC(=O)CCCCCCCCCCCC. The van der Waals surface area contributed by atoms with Gasteiger partial charge in [0.25, 0.3) is 0 Å².